The molecular weight excluding hydrogens is 285 g/mol. The molecule has 1 heterocycles. The predicted octanol–water partition coefficient (Wildman–Crippen LogP) is 1.00. The van der Waals surface area contributed by atoms with E-state index in [0.29, 0.717) is 5.15 Å². The Hall–Kier alpha value is -1.05. The van der Waals surface area contributed by atoms with Gasteiger partial charge in [0.05, 0.1) is 0 Å². The fourth-order valence-electron chi connectivity index (χ4n) is 1.30. The van der Waals surface area contributed by atoms with E-state index in [0.717, 1.165) is 16.7 Å². The summed E-state index contributed by atoms with van der Waals surface area (Å²) in [6.07, 6.45) is 1.47. The molecule has 3 nitrogen and oxygen atoms in total. The van der Waals surface area contributed by atoms with Crippen molar-refractivity contribution in [3.63, 3.8) is 0 Å². The Balaban J connectivity index is 2.08. The van der Waals surface area contributed by atoms with E-state index in [2.05, 4.69) is 27.4 Å². The molecule has 2 rings (SSSR count). The van der Waals surface area contributed by atoms with Crippen LogP contribution in [-0.2, 0) is 6.54 Å². The van der Waals surface area contributed by atoms with Gasteiger partial charge < -0.3 is 0 Å². The first-order valence-corrected chi connectivity index (χ1v) is 6.40. The van der Waals surface area contributed by atoms with Crippen molar-refractivity contribution in [3.05, 3.63) is 47.4 Å². The molecule has 1 N–H and O–H groups in total. The van der Waals surface area contributed by atoms with E-state index in [-0.39, 0.29) is 0 Å². The van der Waals surface area contributed by atoms with Crippen LogP contribution in [0.15, 0.2) is 36.7 Å². The van der Waals surface area contributed by atoms with Crippen LogP contribution in [0.25, 0.3) is 0 Å². The molecule has 16 heavy (non-hydrogen) atoms. The van der Waals surface area contributed by atoms with Crippen LogP contribution in [0.5, 0.6) is 0 Å². The van der Waals surface area contributed by atoms with E-state index in [1.54, 1.807) is 0 Å². The third kappa shape index (κ3) is 2.75. The molecule has 0 radical (unpaired) electrons. The van der Waals surface area contributed by atoms with E-state index in [1.165, 1.54) is 28.7 Å². The summed E-state index contributed by atoms with van der Waals surface area (Å²) in [5.74, 6) is 0.809. The molecule has 2 aromatic rings. The molecule has 0 fully saturated rings. The number of rotatable bonds is 3. The minimum absolute atomic E-state index is 0.519. The van der Waals surface area contributed by atoms with Crippen molar-refractivity contribution in [1.29, 1.82) is 0 Å². The van der Waals surface area contributed by atoms with Crippen LogP contribution in [-0.4, -0.2) is 26.8 Å². The first kappa shape index (κ1) is 11.4. The zero-order valence-corrected chi connectivity index (χ0v) is 11.7. The molecule has 5 heteroatoms. The molecule has 0 aliphatic heterocycles. The van der Waals surface area contributed by atoms with Gasteiger partial charge in [-0.2, -0.15) is 0 Å². The number of nitrogens with one attached hydrogen (secondary N) is 1. The molecule has 82 valence electrons. The SMILES string of the molecule is Clc1ncnc(NCc2ccccc2)c1[AsH2]. The first-order chi connectivity index (χ1) is 7.77. The summed E-state index contributed by atoms with van der Waals surface area (Å²) in [4.78, 5) is 8.09. The van der Waals surface area contributed by atoms with Crippen LogP contribution in [0.2, 0.25) is 5.15 Å². The average Bonchev–Trinajstić information content (AvgIpc) is 2.32. The van der Waals surface area contributed by atoms with Crippen molar-refractivity contribution in [2.24, 2.45) is 0 Å². The Kier molecular flexibility index (Phi) is 3.81. The average molecular weight is 296 g/mol. The van der Waals surface area contributed by atoms with Crippen molar-refractivity contribution in [3.8, 4) is 0 Å². The van der Waals surface area contributed by atoms with Gasteiger partial charge in [0, 0.05) is 0 Å². The number of nitrogens with zero attached hydrogens (tertiary/aromatic N) is 2. The van der Waals surface area contributed by atoms with Crippen molar-refractivity contribution >= 4 is 38.6 Å². The van der Waals surface area contributed by atoms with E-state index >= 15 is 0 Å². The number of hydrogen-bond acceptors (Lipinski definition) is 3. The molecule has 1 aromatic carbocycles. The van der Waals surface area contributed by atoms with Gasteiger partial charge >= 0.3 is 108 Å². The van der Waals surface area contributed by atoms with Gasteiger partial charge in [0.2, 0.25) is 0 Å². The summed E-state index contributed by atoms with van der Waals surface area (Å²) >= 11 is 7.34. The molecular formula is C11H11AsClN3. The standard InChI is InChI=1S/C11H11AsClN3/c12-9-10(13)15-7-16-11(9)14-6-8-4-2-1-3-5-8/h1-5,7H,6,12H2,(H,14,15,16). The molecule has 0 saturated carbocycles. The maximum atomic E-state index is 5.92. The van der Waals surface area contributed by atoms with Gasteiger partial charge in [0.25, 0.3) is 0 Å². The van der Waals surface area contributed by atoms with Crippen LogP contribution >= 0.6 is 11.6 Å². The Bertz CT molecular complexity index is 476. The number of benzene rings is 1. The van der Waals surface area contributed by atoms with Crippen molar-refractivity contribution in [2.75, 3.05) is 5.32 Å². The van der Waals surface area contributed by atoms with Crippen LogP contribution in [0.3, 0.4) is 0 Å². The zero-order chi connectivity index (χ0) is 11.4. The Labute approximate surface area is 108 Å². The number of aromatic nitrogens is 2. The predicted molar refractivity (Wildman–Crippen MR) is 69.0 cm³/mol. The second-order valence-electron chi connectivity index (χ2n) is 3.27. The van der Waals surface area contributed by atoms with Gasteiger partial charge in [-0.1, -0.05) is 0 Å². The zero-order valence-electron chi connectivity index (χ0n) is 8.52. The summed E-state index contributed by atoms with van der Waals surface area (Å²) in [6, 6.07) is 10.2. The molecule has 0 amide bonds. The van der Waals surface area contributed by atoms with Crippen LogP contribution in [0.1, 0.15) is 5.56 Å². The van der Waals surface area contributed by atoms with Gasteiger partial charge in [0.15, 0.2) is 0 Å². The fourth-order valence-corrected chi connectivity index (χ4v) is 1.96. The molecule has 0 aliphatic carbocycles. The second-order valence-corrected chi connectivity index (χ2v) is 4.84. The van der Waals surface area contributed by atoms with Gasteiger partial charge in [0.1, 0.15) is 0 Å². The number of hydrogen-bond donors (Lipinski definition) is 1. The van der Waals surface area contributed by atoms with Crippen LogP contribution in [0, 0.1) is 0 Å². The minimum atomic E-state index is 0.519. The van der Waals surface area contributed by atoms with Gasteiger partial charge in [-0.15, -0.1) is 0 Å². The fraction of sp³-hybridized carbons (Fsp3) is 0.0909. The topological polar surface area (TPSA) is 37.8 Å². The summed E-state index contributed by atoms with van der Waals surface area (Å²) in [5, 5.41) is 3.77. The molecule has 1 aromatic heterocycles. The number of halogens is 1. The maximum absolute atomic E-state index is 5.92. The molecule has 0 spiro atoms. The second kappa shape index (κ2) is 5.33. The van der Waals surface area contributed by atoms with Crippen LogP contribution in [0.4, 0.5) is 5.82 Å². The summed E-state index contributed by atoms with van der Waals surface area (Å²) in [7, 11) is 0. The van der Waals surface area contributed by atoms with E-state index in [9.17, 15) is 0 Å². The third-order valence-corrected chi connectivity index (χ3v) is 3.97. The molecule has 0 saturated heterocycles. The van der Waals surface area contributed by atoms with Crippen molar-refractivity contribution in [1.82, 2.24) is 9.97 Å². The molecule has 0 aliphatic rings. The Morgan fingerprint density at radius 3 is 2.69 bits per heavy atom. The molecule has 1 unspecified atom stereocenters. The normalized spacial score (nSPS) is 10.1. The van der Waals surface area contributed by atoms with Crippen molar-refractivity contribution in [2.45, 2.75) is 6.54 Å². The van der Waals surface area contributed by atoms with E-state index < -0.39 is 0 Å². The summed E-state index contributed by atoms with van der Waals surface area (Å²) in [5.41, 5.74) is 1.21. The van der Waals surface area contributed by atoms with Gasteiger partial charge in [-0.05, 0) is 0 Å². The monoisotopic (exact) mass is 295 g/mol. The summed E-state index contributed by atoms with van der Waals surface area (Å²) < 4.78 is 0.938. The molecule has 0 bridgehead atoms. The van der Waals surface area contributed by atoms with Gasteiger partial charge in [-0.25, -0.2) is 0 Å². The van der Waals surface area contributed by atoms with Gasteiger partial charge in [-0.3, -0.25) is 0 Å². The van der Waals surface area contributed by atoms with E-state index in [1.807, 2.05) is 18.2 Å². The first-order valence-electron chi connectivity index (χ1n) is 4.81. The van der Waals surface area contributed by atoms with E-state index in [4.69, 9.17) is 11.6 Å². The third-order valence-electron chi connectivity index (χ3n) is 2.14. The quantitative estimate of drug-likeness (QED) is 0.678. The number of anilines is 1. The summed E-state index contributed by atoms with van der Waals surface area (Å²) in [6.45, 7) is 0.741. The Morgan fingerprint density at radius 2 is 1.94 bits per heavy atom. The van der Waals surface area contributed by atoms with Crippen LogP contribution < -0.4 is 9.67 Å². The van der Waals surface area contributed by atoms with Crippen molar-refractivity contribution < 1.29 is 0 Å². The molecule has 1 atom stereocenters. The Morgan fingerprint density at radius 1 is 1.19 bits per heavy atom.